The maximum Gasteiger partial charge on any atom is 0.224 e. The molecule has 4 nitrogen and oxygen atoms in total. The summed E-state index contributed by atoms with van der Waals surface area (Å²) in [5.74, 6) is 0.534. The number of hydrogen-bond donors (Lipinski definition) is 2. The van der Waals surface area contributed by atoms with E-state index in [0.29, 0.717) is 31.2 Å². The molecule has 0 saturated heterocycles. The summed E-state index contributed by atoms with van der Waals surface area (Å²) >= 11 is 5.45. The molecule has 5 heteroatoms. The molecule has 0 aliphatic heterocycles. The van der Waals surface area contributed by atoms with Crippen molar-refractivity contribution in [1.29, 1.82) is 0 Å². The highest BCUT2D eigenvalue weighted by molar-refractivity contribution is 6.17. The van der Waals surface area contributed by atoms with Gasteiger partial charge in [-0.15, -0.1) is 11.6 Å². The Balaban J connectivity index is 2.16. The Morgan fingerprint density at radius 3 is 2.83 bits per heavy atom. The number of phenolic OH excluding ortho intramolecular Hbond substituents is 1. The van der Waals surface area contributed by atoms with Crippen LogP contribution in [0.1, 0.15) is 12.0 Å². The van der Waals surface area contributed by atoms with Crippen molar-refractivity contribution in [2.24, 2.45) is 0 Å². The zero-order chi connectivity index (χ0) is 13.2. The van der Waals surface area contributed by atoms with Crippen molar-refractivity contribution < 1.29 is 14.6 Å². The molecule has 1 rings (SSSR count). The lowest BCUT2D eigenvalue weighted by Crippen LogP contribution is -2.26. The molecule has 0 spiro atoms. The smallest absolute Gasteiger partial charge is 0.224 e. The zero-order valence-electron chi connectivity index (χ0n) is 10.2. The van der Waals surface area contributed by atoms with Crippen molar-refractivity contribution in [3.05, 3.63) is 29.8 Å². The van der Waals surface area contributed by atoms with E-state index in [4.69, 9.17) is 16.3 Å². The van der Waals surface area contributed by atoms with E-state index in [1.54, 1.807) is 24.3 Å². The van der Waals surface area contributed by atoms with Gasteiger partial charge in [-0.25, -0.2) is 0 Å². The molecule has 0 aliphatic carbocycles. The van der Waals surface area contributed by atoms with Gasteiger partial charge in [0, 0.05) is 24.6 Å². The van der Waals surface area contributed by atoms with Gasteiger partial charge in [-0.3, -0.25) is 4.79 Å². The number of para-hydroxylation sites is 1. The van der Waals surface area contributed by atoms with Gasteiger partial charge in [0.05, 0.1) is 13.0 Å². The molecule has 0 aromatic heterocycles. The number of amides is 1. The van der Waals surface area contributed by atoms with E-state index in [-0.39, 0.29) is 18.1 Å². The molecule has 0 heterocycles. The first kappa shape index (κ1) is 14.8. The summed E-state index contributed by atoms with van der Waals surface area (Å²) in [6.07, 6.45) is 0.943. The van der Waals surface area contributed by atoms with Gasteiger partial charge in [0.1, 0.15) is 5.75 Å². The third kappa shape index (κ3) is 5.89. The van der Waals surface area contributed by atoms with Crippen molar-refractivity contribution in [1.82, 2.24) is 5.32 Å². The van der Waals surface area contributed by atoms with Gasteiger partial charge in [-0.1, -0.05) is 18.2 Å². The molecule has 0 radical (unpaired) electrons. The first-order chi connectivity index (χ1) is 8.74. The van der Waals surface area contributed by atoms with E-state index >= 15 is 0 Å². The number of carbonyl (C=O) groups excluding carboxylic acids is 1. The minimum atomic E-state index is -0.103. The number of aromatic hydroxyl groups is 1. The van der Waals surface area contributed by atoms with E-state index < -0.39 is 0 Å². The second-order valence-electron chi connectivity index (χ2n) is 3.81. The van der Waals surface area contributed by atoms with Crippen LogP contribution in [0.4, 0.5) is 0 Å². The van der Waals surface area contributed by atoms with Crippen molar-refractivity contribution in [3.8, 4) is 5.75 Å². The number of ether oxygens (including phenoxy) is 1. The monoisotopic (exact) mass is 271 g/mol. The van der Waals surface area contributed by atoms with Crippen molar-refractivity contribution in [3.63, 3.8) is 0 Å². The van der Waals surface area contributed by atoms with Crippen LogP contribution in [0.15, 0.2) is 24.3 Å². The molecule has 0 fully saturated rings. The highest BCUT2D eigenvalue weighted by Crippen LogP contribution is 2.15. The lowest BCUT2D eigenvalue weighted by Gasteiger charge is -2.06. The van der Waals surface area contributed by atoms with Gasteiger partial charge < -0.3 is 15.2 Å². The first-order valence-corrected chi connectivity index (χ1v) is 6.44. The molecule has 0 atom stereocenters. The Morgan fingerprint density at radius 1 is 1.33 bits per heavy atom. The van der Waals surface area contributed by atoms with E-state index in [2.05, 4.69) is 5.32 Å². The summed E-state index contributed by atoms with van der Waals surface area (Å²) in [6, 6.07) is 6.83. The maximum absolute atomic E-state index is 11.6. The molecule has 2 N–H and O–H groups in total. The number of hydrogen-bond acceptors (Lipinski definition) is 3. The molecule has 1 aromatic carbocycles. The van der Waals surface area contributed by atoms with Crippen LogP contribution < -0.4 is 5.32 Å². The molecule has 0 bridgehead atoms. The predicted molar refractivity (Wildman–Crippen MR) is 71.0 cm³/mol. The van der Waals surface area contributed by atoms with Gasteiger partial charge >= 0.3 is 0 Å². The number of nitrogens with one attached hydrogen (secondary N) is 1. The molecule has 1 aromatic rings. The van der Waals surface area contributed by atoms with Crippen molar-refractivity contribution in [2.45, 2.75) is 12.8 Å². The summed E-state index contributed by atoms with van der Waals surface area (Å²) in [5.41, 5.74) is 0.633. The average molecular weight is 272 g/mol. The highest BCUT2D eigenvalue weighted by atomic mass is 35.5. The van der Waals surface area contributed by atoms with Crippen LogP contribution in [0.25, 0.3) is 0 Å². The predicted octanol–water partition coefficient (Wildman–Crippen LogP) is 1.70. The molecule has 1 amide bonds. The molecular weight excluding hydrogens is 254 g/mol. The molecule has 0 aliphatic rings. The van der Waals surface area contributed by atoms with Gasteiger partial charge in [0.2, 0.25) is 5.91 Å². The average Bonchev–Trinajstić information content (AvgIpc) is 2.36. The quantitative estimate of drug-likeness (QED) is 0.559. The summed E-state index contributed by atoms with van der Waals surface area (Å²) in [6.45, 7) is 1.69. The van der Waals surface area contributed by atoms with Gasteiger partial charge in [-0.2, -0.15) is 0 Å². The fourth-order valence-electron chi connectivity index (χ4n) is 1.45. The fraction of sp³-hybridized carbons (Fsp3) is 0.462. The third-order valence-corrected chi connectivity index (χ3v) is 2.51. The number of carbonyl (C=O) groups is 1. The Morgan fingerprint density at radius 2 is 2.11 bits per heavy atom. The topological polar surface area (TPSA) is 58.6 Å². The van der Waals surface area contributed by atoms with Crippen LogP contribution >= 0.6 is 11.6 Å². The second-order valence-corrected chi connectivity index (χ2v) is 4.19. The number of phenols is 1. The first-order valence-electron chi connectivity index (χ1n) is 5.91. The molecule has 18 heavy (non-hydrogen) atoms. The Hall–Kier alpha value is -1.26. The minimum absolute atomic E-state index is 0.103. The van der Waals surface area contributed by atoms with E-state index in [0.717, 1.165) is 6.42 Å². The summed E-state index contributed by atoms with van der Waals surface area (Å²) < 4.78 is 5.18. The Bertz CT molecular complexity index is 371. The largest absolute Gasteiger partial charge is 0.508 e. The summed E-state index contributed by atoms with van der Waals surface area (Å²) in [5, 5.41) is 12.3. The maximum atomic E-state index is 11.6. The second kappa shape index (κ2) is 8.78. The lowest BCUT2D eigenvalue weighted by atomic mass is 10.1. The molecular formula is C13H18ClNO3. The Labute approximate surface area is 112 Å². The summed E-state index contributed by atoms with van der Waals surface area (Å²) in [7, 11) is 0. The van der Waals surface area contributed by atoms with Crippen molar-refractivity contribution >= 4 is 17.5 Å². The molecule has 100 valence electrons. The SMILES string of the molecule is O=C(Cc1ccccc1O)NCCCOCCCl. The van der Waals surface area contributed by atoms with Crippen molar-refractivity contribution in [2.75, 3.05) is 25.6 Å². The molecule has 0 unspecified atom stereocenters. The van der Waals surface area contributed by atoms with Crippen LogP contribution in [-0.2, 0) is 16.0 Å². The zero-order valence-corrected chi connectivity index (χ0v) is 10.9. The lowest BCUT2D eigenvalue weighted by molar-refractivity contribution is -0.120. The van der Waals surface area contributed by atoms with Crippen LogP contribution in [0.5, 0.6) is 5.75 Å². The van der Waals surface area contributed by atoms with E-state index in [9.17, 15) is 9.90 Å². The van der Waals surface area contributed by atoms with Crippen LogP contribution in [0.3, 0.4) is 0 Å². The standard InChI is InChI=1S/C13H18ClNO3/c14-6-9-18-8-3-7-15-13(17)10-11-4-1-2-5-12(11)16/h1-2,4-5,16H,3,6-10H2,(H,15,17). The van der Waals surface area contributed by atoms with E-state index in [1.165, 1.54) is 0 Å². The fourth-order valence-corrected chi connectivity index (χ4v) is 1.56. The van der Waals surface area contributed by atoms with Crippen LogP contribution in [-0.4, -0.2) is 36.7 Å². The van der Waals surface area contributed by atoms with E-state index in [1.807, 2.05) is 0 Å². The highest BCUT2D eigenvalue weighted by Gasteiger charge is 2.05. The van der Waals surface area contributed by atoms with Crippen LogP contribution in [0, 0.1) is 0 Å². The number of halogens is 1. The van der Waals surface area contributed by atoms with Gasteiger partial charge in [0.15, 0.2) is 0 Å². The van der Waals surface area contributed by atoms with Gasteiger partial charge in [0.25, 0.3) is 0 Å². The number of benzene rings is 1. The molecule has 0 saturated carbocycles. The third-order valence-electron chi connectivity index (χ3n) is 2.35. The number of alkyl halides is 1. The summed E-state index contributed by atoms with van der Waals surface area (Å²) in [4.78, 5) is 11.6. The minimum Gasteiger partial charge on any atom is -0.508 e. The Kier molecular flexibility index (Phi) is 7.22. The normalized spacial score (nSPS) is 10.3. The van der Waals surface area contributed by atoms with Crippen LogP contribution in [0.2, 0.25) is 0 Å². The van der Waals surface area contributed by atoms with Gasteiger partial charge in [-0.05, 0) is 12.5 Å². The number of rotatable bonds is 8.